The molecule has 21 heavy (non-hydrogen) atoms. The van der Waals surface area contributed by atoms with E-state index in [1.165, 1.54) is 16.7 Å². The van der Waals surface area contributed by atoms with Gasteiger partial charge in [-0.1, -0.05) is 23.8 Å². The number of nitrogens with zero attached hydrogens (tertiary/aromatic N) is 2. The first-order chi connectivity index (χ1) is 9.90. The highest BCUT2D eigenvalue weighted by molar-refractivity contribution is 5.72. The van der Waals surface area contributed by atoms with Crippen molar-refractivity contribution in [1.29, 1.82) is 0 Å². The molecule has 1 fully saturated rings. The van der Waals surface area contributed by atoms with Crippen LogP contribution in [0.4, 0.5) is 0 Å². The lowest BCUT2D eigenvalue weighted by atomic mass is 9.98. The largest absolute Gasteiger partial charge is 0.480 e. The lowest BCUT2D eigenvalue weighted by Crippen LogP contribution is -2.52. The zero-order valence-electron chi connectivity index (χ0n) is 13.5. The third-order valence-corrected chi connectivity index (χ3v) is 4.69. The molecule has 116 valence electrons. The van der Waals surface area contributed by atoms with E-state index in [2.05, 4.69) is 48.8 Å². The van der Waals surface area contributed by atoms with Gasteiger partial charge in [-0.05, 0) is 38.8 Å². The third kappa shape index (κ3) is 3.63. The van der Waals surface area contributed by atoms with Crippen LogP contribution in [0.3, 0.4) is 0 Å². The topological polar surface area (TPSA) is 43.8 Å². The molecular weight excluding hydrogens is 264 g/mol. The van der Waals surface area contributed by atoms with E-state index in [-0.39, 0.29) is 6.04 Å². The zero-order chi connectivity index (χ0) is 15.6. The second-order valence-corrected chi connectivity index (χ2v) is 6.12. The van der Waals surface area contributed by atoms with Crippen molar-refractivity contribution in [2.45, 2.75) is 39.8 Å². The first-order valence-electron chi connectivity index (χ1n) is 7.68. The molecule has 1 saturated heterocycles. The molecule has 1 aliphatic heterocycles. The van der Waals surface area contributed by atoms with Gasteiger partial charge in [0.25, 0.3) is 0 Å². The summed E-state index contributed by atoms with van der Waals surface area (Å²) in [6, 6.07) is 6.60. The number of hydrogen-bond donors (Lipinski definition) is 1. The van der Waals surface area contributed by atoms with Crippen LogP contribution < -0.4 is 0 Å². The molecule has 0 amide bonds. The van der Waals surface area contributed by atoms with Crippen LogP contribution in [-0.2, 0) is 4.79 Å². The summed E-state index contributed by atoms with van der Waals surface area (Å²) in [5.74, 6) is -0.731. The number of carboxylic acids is 1. The van der Waals surface area contributed by atoms with E-state index in [0.717, 1.165) is 26.2 Å². The number of aliphatic carboxylic acids is 1. The van der Waals surface area contributed by atoms with Gasteiger partial charge in [-0.25, -0.2) is 0 Å². The predicted octanol–water partition coefficient (Wildman–Crippen LogP) is 2.46. The zero-order valence-corrected chi connectivity index (χ0v) is 13.5. The molecule has 4 nitrogen and oxygen atoms in total. The molecule has 1 aromatic rings. The number of carbonyl (C=O) groups is 1. The van der Waals surface area contributed by atoms with Crippen LogP contribution >= 0.6 is 0 Å². The summed E-state index contributed by atoms with van der Waals surface area (Å²) in [7, 11) is 0. The molecule has 2 atom stereocenters. The summed E-state index contributed by atoms with van der Waals surface area (Å²) >= 11 is 0. The average molecular weight is 290 g/mol. The quantitative estimate of drug-likeness (QED) is 0.925. The van der Waals surface area contributed by atoms with Gasteiger partial charge in [-0.2, -0.15) is 0 Å². The summed E-state index contributed by atoms with van der Waals surface area (Å²) in [6.07, 6.45) is 0. The summed E-state index contributed by atoms with van der Waals surface area (Å²) in [5.41, 5.74) is 4.00. The molecule has 1 aromatic carbocycles. The highest BCUT2D eigenvalue weighted by atomic mass is 16.4. The van der Waals surface area contributed by atoms with Crippen LogP contribution in [0.15, 0.2) is 18.2 Å². The van der Waals surface area contributed by atoms with E-state index >= 15 is 0 Å². The minimum atomic E-state index is -0.731. The van der Waals surface area contributed by atoms with Gasteiger partial charge >= 0.3 is 5.97 Å². The van der Waals surface area contributed by atoms with Gasteiger partial charge in [-0.15, -0.1) is 0 Å². The minimum absolute atomic E-state index is 0.382. The lowest BCUT2D eigenvalue weighted by Gasteiger charge is -2.40. The van der Waals surface area contributed by atoms with Crippen molar-refractivity contribution in [2.75, 3.05) is 26.2 Å². The number of benzene rings is 1. The van der Waals surface area contributed by atoms with Crippen molar-refractivity contribution >= 4 is 5.97 Å². The van der Waals surface area contributed by atoms with E-state index in [1.54, 1.807) is 6.92 Å². The number of carboxylic acid groups (broad SMARTS) is 1. The summed E-state index contributed by atoms with van der Waals surface area (Å²) in [5, 5.41) is 9.10. The van der Waals surface area contributed by atoms with Gasteiger partial charge in [0.1, 0.15) is 6.04 Å². The van der Waals surface area contributed by atoms with E-state index in [0.29, 0.717) is 6.04 Å². The van der Waals surface area contributed by atoms with E-state index in [9.17, 15) is 4.79 Å². The Morgan fingerprint density at radius 3 is 2.24 bits per heavy atom. The number of hydrogen-bond acceptors (Lipinski definition) is 3. The Bertz CT molecular complexity index is 508. The fourth-order valence-corrected chi connectivity index (χ4v) is 3.07. The van der Waals surface area contributed by atoms with E-state index < -0.39 is 5.97 Å². The lowest BCUT2D eigenvalue weighted by molar-refractivity contribution is -0.143. The van der Waals surface area contributed by atoms with E-state index in [1.807, 2.05) is 0 Å². The standard InChI is InChI=1S/C17H26N2O2/c1-12-5-6-13(2)16(11-12)14(3)18-7-9-19(10-8-18)15(4)17(20)21/h5-6,11,14-15H,7-10H2,1-4H3,(H,20,21). The molecule has 0 bridgehead atoms. The Balaban J connectivity index is 2.01. The molecule has 4 heteroatoms. The molecule has 1 N–H and O–H groups in total. The molecule has 0 aliphatic carbocycles. The van der Waals surface area contributed by atoms with Crippen molar-refractivity contribution in [3.05, 3.63) is 34.9 Å². The molecule has 2 unspecified atom stereocenters. The van der Waals surface area contributed by atoms with Crippen LogP contribution in [0.25, 0.3) is 0 Å². The Kier molecular flexibility index (Phi) is 5.01. The average Bonchev–Trinajstić information content (AvgIpc) is 2.48. The van der Waals surface area contributed by atoms with Crippen LogP contribution in [0.2, 0.25) is 0 Å². The summed E-state index contributed by atoms with van der Waals surface area (Å²) in [6.45, 7) is 11.8. The highest BCUT2D eigenvalue weighted by Crippen LogP contribution is 2.25. The SMILES string of the molecule is Cc1ccc(C)c(C(C)N2CCN(C(C)C(=O)O)CC2)c1. The van der Waals surface area contributed by atoms with Crippen molar-refractivity contribution in [1.82, 2.24) is 9.80 Å². The molecule has 1 heterocycles. The first-order valence-corrected chi connectivity index (χ1v) is 7.68. The first kappa shape index (κ1) is 16.0. The number of aryl methyl sites for hydroxylation is 2. The Labute approximate surface area is 127 Å². The second kappa shape index (κ2) is 6.58. The summed E-state index contributed by atoms with van der Waals surface area (Å²) in [4.78, 5) is 15.6. The molecule has 0 aromatic heterocycles. The van der Waals surface area contributed by atoms with Crippen molar-refractivity contribution in [3.8, 4) is 0 Å². The Morgan fingerprint density at radius 2 is 1.67 bits per heavy atom. The maximum absolute atomic E-state index is 11.1. The molecule has 0 spiro atoms. The molecule has 0 saturated carbocycles. The van der Waals surface area contributed by atoms with Gasteiger partial charge in [0.15, 0.2) is 0 Å². The van der Waals surface area contributed by atoms with Gasteiger partial charge < -0.3 is 5.11 Å². The molecule has 0 radical (unpaired) electrons. The normalized spacial score (nSPS) is 20.2. The fraction of sp³-hybridized carbons (Fsp3) is 0.588. The van der Waals surface area contributed by atoms with Crippen LogP contribution in [-0.4, -0.2) is 53.1 Å². The van der Waals surface area contributed by atoms with Gasteiger partial charge in [0.05, 0.1) is 0 Å². The smallest absolute Gasteiger partial charge is 0.320 e. The maximum Gasteiger partial charge on any atom is 0.320 e. The Morgan fingerprint density at radius 1 is 1.10 bits per heavy atom. The van der Waals surface area contributed by atoms with Crippen LogP contribution in [0.5, 0.6) is 0 Å². The maximum atomic E-state index is 11.1. The van der Waals surface area contributed by atoms with Crippen molar-refractivity contribution in [2.24, 2.45) is 0 Å². The monoisotopic (exact) mass is 290 g/mol. The van der Waals surface area contributed by atoms with Crippen LogP contribution in [0, 0.1) is 13.8 Å². The number of rotatable bonds is 4. The van der Waals surface area contributed by atoms with Crippen molar-refractivity contribution in [3.63, 3.8) is 0 Å². The Hall–Kier alpha value is -1.39. The molecule has 2 rings (SSSR count). The highest BCUT2D eigenvalue weighted by Gasteiger charge is 2.27. The molecular formula is C17H26N2O2. The fourth-order valence-electron chi connectivity index (χ4n) is 3.07. The van der Waals surface area contributed by atoms with Crippen molar-refractivity contribution < 1.29 is 9.90 Å². The van der Waals surface area contributed by atoms with E-state index in [4.69, 9.17) is 5.11 Å². The van der Waals surface area contributed by atoms with Gasteiger partial charge in [-0.3, -0.25) is 14.6 Å². The predicted molar refractivity (Wildman–Crippen MR) is 84.6 cm³/mol. The third-order valence-electron chi connectivity index (χ3n) is 4.69. The van der Waals surface area contributed by atoms with Gasteiger partial charge in [0.2, 0.25) is 0 Å². The second-order valence-electron chi connectivity index (χ2n) is 6.12. The molecule has 1 aliphatic rings. The van der Waals surface area contributed by atoms with Crippen LogP contribution in [0.1, 0.15) is 36.6 Å². The summed E-state index contributed by atoms with van der Waals surface area (Å²) < 4.78 is 0. The van der Waals surface area contributed by atoms with Gasteiger partial charge in [0, 0.05) is 32.2 Å². The minimum Gasteiger partial charge on any atom is -0.480 e. The number of piperazine rings is 1.